The molecule has 2 rings (SSSR count). The number of nitrogens with zero attached hydrogens (tertiary/aromatic N) is 2. The maximum absolute atomic E-state index is 11.7. The fourth-order valence-electron chi connectivity index (χ4n) is 1.59. The van der Waals surface area contributed by atoms with E-state index in [0.717, 1.165) is 0 Å². The molecule has 0 amide bonds. The van der Waals surface area contributed by atoms with Crippen LogP contribution < -0.4 is 0 Å². The van der Waals surface area contributed by atoms with Gasteiger partial charge in [0.05, 0.1) is 10.5 Å². The molecule has 21 heavy (non-hydrogen) atoms. The summed E-state index contributed by atoms with van der Waals surface area (Å²) in [7, 11) is 0. The average Bonchev–Trinajstić information content (AvgIpc) is 2.46. The maximum atomic E-state index is 11.7. The van der Waals surface area contributed by atoms with Gasteiger partial charge in [-0.1, -0.05) is 5.16 Å². The molecule has 7 heteroatoms. The van der Waals surface area contributed by atoms with E-state index in [9.17, 15) is 19.7 Å². The SMILES string of the molecule is CC1=CC(=O)C=C/C1=N\OC(=O)c1ccc([N+](=O)[O-])cc1. The molecule has 0 radical (unpaired) electrons. The molecule has 1 aliphatic carbocycles. The molecular weight excluding hydrogens is 276 g/mol. The van der Waals surface area contributed by atoms with E-state index >= 15 is 0 Å². The van der Waals surface area contributed by atoms with Gasteiger partial charge in [0, 0.05) is 12.1 Å². The van der Waals surface area contributed by atoms with Gasteiger partial charge >= 0.3 is 5.97 Å². The molecule has 0 saturated carbocycles. The predicted octanol–water partition coefficient (Wildman–Crippen LogP) is 2.19. The summed E-state index contributed by atoms with van der Waals surface area (Å²) < 4.78 is 0. The Hall–Kier alpha value is -3.09. The summed E-state index contributed by atoms with van der Waals surface area (Å²) in [6.45, 7) is 1.67. The van der Waals surface area contributed by atoms with Crippen LogP contribution in [0.3, 0.4) is 0 Å². The Morgan fingerprint density at radius 1 is 1.24 bits per heavy atom. The number of carbonyl (C=O) groups is 2. The zero-order valence-electron chi connectivity index (χ0n) is 11.0. The summed E-state index contributed by atoms with van der Waals surface area (Å²) in [5.74, 6) is -0.899. The van der Waals surface area contributed by atoms with Crippen molar-refractivity contribution in [3.8, 4) is 0 Å². The van der Waals surface area contributed by atoms with Crippen molar-refractivity contribution >= 4 is 23.2 Å². The van der Waals surface area contributed by atoms with Gasteiger partial charge in [-0.05, 0) is 42.9 Å². The Bertz CT molecular complexity index is 699. The van der Waals surface area contributed by atoms with Crippen LogP contribution in [-0.4, -0.2) is 22.4 Å². The lowest BCUT2D eigenvalue weighted by Gasteiger charge is -2.05. The fourth-order valence-corrected chi connectivity index (χ4v) is 1.59. The van der Waals surface area contributed by atoms with Gasteiger partial charge in [-0.25, -0.2) is 4.79 Å². The first-order valence-electron chi connectivity index (χ1n) is 5.92. The fraction of sp³-hybridized carbons (Fsp3) is 0.0714. The lowest BCUT2D eigenvalue weighted by Crippen LogP contribution is -2.08. The second-order valence-electron chi connectivity index (χ2n) is 4.22. The predicted molar refractivity (Wildman–Crippen MR) is 73.9 cm³/mol. The summed E-state index contributed by atoms with van der Waals surface area (Å²) in [4.78, 5) is 37.5. The topological polar surface area (TPSA) is 98.9 Å². The lowest BCUT2D eigenvalue weighted by atomic mass is 10.1. The lowest BCUT2D eigenvalue weighted by molar-refractivity contribution is -0.384. The molecule has 0 N–H and O–H groups in total. The molecule has 7 nitrogen and oxygen atoms in total. The third-order valence-corrected chi connectivity index (χ3v) is 2.71. The highest BCUT2D eigenvalue weighted by Gasteiger charge is 2.12. The molecule has 0 unspecified atom stereocenters. The first-order valence-corrected chi connectivity index (χ1v) is 5.92. The van der Waals surface area contributed by atoms with E-state index in [1.165, 1.54) is 42.5 Å². The summed E-state index contributed by atoms with van der Waals surface area (Å²) in [6, 6.07) is 4.97. The minimum Gasteiger partial charge on any atom is -0.312 e. The van der Waals surface area contributed by atoms with Crippen molar-refractivity contribution in [2.24, 2.45) is 5.16 Å². The van der Waals surface area contributed by atoms with Crippen LogP contribution in [0.25, 0.3) is 0 Å². The van der Waals surface area contributed by atoms with Crippen molar-refractivity contribution in [3.63, 3.8) is 0 Å². The van der Waals surface area contributed by atoms with Gasteiger partial charge in [0.15, 0.2) is 5.78 Å². The molecule has 0 bridgehead atoms. The van der Waals surface area contributed by atoms with Crippen LogP contribution in [0.2, 0.25) is 0 Å². The Kier molecular flexibility index (Phi) is 4.03. The van der Waals surface area contributed by atoms with Gasteiger partial charge in [0.25, 0.3) is 5.69 Å². The van der Waals surface area contributed by atoms with Crippen LogP contribution in [0.4, 0.5) is 5.69 Å². The molecule has 0 atom stereocenters. The van der Waals surface area contributed by atoms with Gasteiger partial charge in [0.2, 0.25) is 0 Å². The van der Waals surface area contributed by atoms with E-state index in [0.29, 0.717) is 11.3 Å². The highest BCUT2D eigenvalue weighted by Crippen LogP contribution is 2.13. The van der Waals surface area contributed by atoms with Crippen LogP contribution in [0.15, 0.2) is 53.2 Å². The highest BCUT2D eigenvalue weighted by atomic mass is 16.7. The Morgan fingerprint density at radius 3 is 2.48 bits per heavy atom. The van der Waals surface area contributed by atoms with E-state index in [1.54, 1.807) is 6.92 Å². The molecule has 0 saturated heterocycles. The van der Waals surface area contributed by atoms with Crippen LogP contribution in [0.1, 0.15) is 17.3 Å². The molecule has 0 heterocycles. The summed E-state index contributed by atoms with van der Waals surface area (Å²) in [5, 5.41) is 14.2. The second kappa shape index (κ2) is 5.91. The molecular formula is C14H10N2O5. The number of benzene rings is 1. The summed E-state index contributed by atoms with van der Waals surface area (Å²) in [5.41, 5.74) is 0.969. The average molecular weight is 286 g/mol. The number of nitro benzene ring substituents is 1. The maximum Gasteiger partial charge on any atom is 0.365 e. The minimum atomic E-state index is -0.740. The number of non-ortho nitro benzene ring substituents is 1. The number of nitro groups is 1. The largest absolute Gasteiger partial charge is 0.365 e. The van der Waals surface area contributed by atoms with E-state index in [4.69, 9.17) is 4.84 Å². The van der Waals surface area contributed by atoms with Gasteiger partial charge < -0.3 is 4.84 Å². The van der Waals surface area contributed by atoms with E-state index in [2.05, 4.69) is 5.16 Å². The van der Waals surface area contributed by atoms with Crippen molar-refractivity contribution in [3.05, 3.63) is 63.7 Å². The monoisotopic (exact) mass is 286 g/mol. The van der Waals surface area contributed by atoms with E-state index in [1.807, 2.05) is 0 Å². The third kappa shape index (κ3) is 3.47. The highest BCUT2D eigenvalue weighted by molar-refractivity contribution is 6.19. The zero-order chi connectivity index (χ0) is 15.4. The number of rotatable bonds is 3. The number of hydrogen-bond acceptors (Lipinski definition) is 6. The molecule has 0 spiro atoms. The zero-order valence-corrected chi connectivity index (χ0v) is 11.0. The Labute approximate surface area is 119 Å². The van der Waals surface area contributed by atoms with E-state index in [-0.39, 0.29) is 17.0 Å². The van der Waals surface area contributed by atoms with Crippen molar-refractivity contribution in [2.45, 2.75) is 6.92 Å². The molecule has 0 aromatic heterocycles. The minimum absolute atomic E-state index is 0.120. The number of allylic oxidation sites excluding steroid dienone is 4. The van der Waals surface area contributed by atoms with Crippen molar-refractivity contribution in [2.75, 3.05) is 0 Å². The van der Waals surface area contributed by atoms with Crippen LogP contribution in [-0.2, 0) is 9.63 Å². The van der Waals surface area contributed by atoms with Crippen LogP contribution >= 0.6 is 0 Å². The molecule has 0 fully saturated rings. The van der Waals surface area contributed by atoms with Crippen LogP contribution in [0, 0.1) is 10.1 Å². The van der Waals surface area contributed by atoms with Gasteiger partial charge in [-0.3, -0.25) is 14.9 Å². The van der Waals surface area contributed by atoms with Gasteiger partial charge in [-0.15, -0.1) is 0 Å². The smallest absolute Gasteiger partial charge is 0.312 e. The normalized spacial score (nSPS) is 15.8. The second-order valence-corrected chi connectivity index (χ2v) is 4.22. The Morgan fingerprint density at radius 2 is 1.90 bits per heavy atom. The first-order chi connectivity index (χ1) is 9.97. The Balaban J connectivity index is 2.08. The third-order valence-electron chi connectivity index (χ3n) is 2.71. The quantitative estimate of drug-likeness (QED) is 0.367. The summed E-state index contributed by atoms with van der Waals surface area (Å²) >= 11 is 0. The van der Waals surface area contributed by atoms with Crippen molar-refractivity contribution in [1.29, 1.82) is 0 Å². The number of hydrogen-bond donors (Lipinski definition) is 0. The van der Waals surface area contributed by atoms with Gasteiger partial charge in [0.1, 0.15) is 5.71 Å². The number of oxime groups is 1. The number of ketones is 1. The van der Waals surface area contributed by atoms with Crippen LogP contribution in [0.5, 0.6) is 0 Å². The molecule has 106 valence electrons. The number of carbonyl (C=O) groups excluding carboxylic acids is 2. The molecule has 0 aliphatic heterocycles. The van der Waals surface area contributed by atoms with Crippen molar-refractivity contribution < 1.29 is 19.3 Å². The molecule has 1 aliphatic rings. The molecule has 1 aromatic rings. The van der Waals surface area contributed by atoms with Crippen molar-refractivity contribution in [1.82, 2.24) is 0 Å². The molecule has 1 aromatic carbocycles. The standard InChI is InChI=1S/C14H10N2O5/c1-9-8-12(17)6-7-13(9)15-21-14(18)10-2-4-11(5-3-10)16(19)20/h2-8H,1H3/b15-13+. The van der Waals surface area contributed by atoms with Gasteiger partial charge in [-0.2, -0.15) is 0 Å². The summed E-state index contributed by atoms with van der Waals surface area (Å²) in [6.07, 6.45) is 4.13. The van der Waals surface area contributed by atoms with E-state index < -0.39 is 10.9 Å². The first kappa shape index (κ1) is 14.3.